The molecule has 3 aliphatic rings. The van der Waals surface area contributed by atoms with Crippen LogP contribution in [0.4, 0.5) is 0 Å². The van der Waals surface area contributed by atoms with Crippen molar-refractivity contribution in [2.75, 3.05) is 0 Å². The molecule has 440 valence electrons. The van der Waals surface area contributed by atoms with E-state index < -0.39 is 17.9 Å². The SMILES string of the molecule is CC1CCCC(NC(=O)CC(CC(=O)NC2CCCC(C)C2)C(=O)NC2CCCC(C)C2)C1.CCCCCCC(O)CCCCCCCCCCC(=O)[O-].CCCCCCC(O)CCCCCCCCCCC(=O)[O-].[Mg+2]. The zero-order chi connectivity index (χ0) is 55.3. The third-order valence-corrected chi connectivity index (χ3v) is 16.2. The second-order valence-electron chi connectivity index (χ2n) is 24.1. The van der Waals surface area contributed by atoms with Crippen LogP contribution in [0.2, 0.25) is 0 Å². The number of aliphatic hydroxyl groups excluding tert-OH is 2. The van der Waals surface area contributed by atoms with E-state index in [9.17, 15) is 44.4 Å². The van der Waals surface area contributed by atoms with E-state index in [0.717, 1.165) is 135 Å². The Hall–Kier alpha value is -1.96. The van der Waals surface area contributed by atoms with Gasteiger partial charge in [-0.05, 0) is 108 Å². The summed E-state index contributed by atoms with van der Waals surface area (Å²) in [6, 6.07) is 0.552. The van der Waals surface area contributed by atoms with Gasteiger partial charge in [-0.25, -0.2) is 0 Å². The summed E-state index contributed by atoms with van der Waals surface area (Å²) in [6.45, 7) is 11.1. The topological polar surface area (TPSA) is 208 Å². The van der Waals surface area contributed by atoms with Crippen molar-refractivity contribution >= 4 is 52.7 Å². The van der Waals surface area contributed by atoms with Gasteiger partial charge in [-0.2, -0.15) is 0 Å². The number of carboxylic acid groups (broad SMARTS) is 2. The number of nitrogens with one attached hydrogen (secondary N) is 3. The van der Waals surface area contributed by atoms with E-state index in [1.807, 2.05) is 0 Å². The fourth-order valence-corrected chi connectivity index (χ4v) is 11.6. The Kier molecular flexibility index (Phi) is 48.7. The van der Waals surface area contributed by atoms with E-state index in [1.165, 1.54) is 122 Å². The van der Waals surface area contributed by atoms with Crippen LogP contribution in [0.5, 0.6) is 0 Å². The summed E-state index contributed by atoms with van der Waals surface area (Å²) in [5.41, 5.74) is 0. The molecule has 0 radical (unpaired) electrons. The number of hydrogen-bond donors (Lipinski definition) is 5. The maximum absolute atomic E-state index is 13.2. The van der Waals surface area contributed by atoms with Gasteiger partial charge in [-0.3, -0.25) is 14.4 Å². The Balaban J connectivity index is 0.00000116. The van der Waals surface area contributed by atoms with Crippen LogP contribution in [0.3, 0.4) is 0 Å². The summed E-state index contributed by atoms with van der Waals surface area (Å²) in [4.78, 5) is 59.4. The predicted molar refractivity (Wildman–Crippen MR) is 309 cm³/mol. The molecule has 5 N–H and O–H groups in total. The van der Waals surface area contributed by atoms with Crippen molar-refractivity contribution in [3.63, 3.8) is 0 Å². The summed E-state index contributed by atoms with van der Waals surface area (Å²) < 4.78 is 0. The molecule has 0 saturated heterocycles. The third kappa shape index (κ3) is 44.8. The van der Waals surface area contributed by atoms with Crippen molar-refractivity contribution in [2.24, 2.45) is 23.7 Å². The molecule has 3 rings (SSSR count). The van der Waals surface area contributed by atoms with E-state index in [1.54, 1.807) is 0 Å². The molecule has 3 saturated carbocycles. The first kappa shape index (κ1) is 74.0. The molecule has 8 unspecified atom stereocenters. The molecule has 0 aromatic heterocycles. The van der Waals surface area contributed by atoms with Crippen molar-refractivity contribution in [3.8, 4) is 0 Å². The van der Waals surface area contributed by atoms with Crippen LogP contribution in [-0.4, -0.2) is 93.3 Å². The molecule has 8 atom stereocenters. The molecule has 0 aromatic rings. The Morgan fingerprint density at radius 3 is 0.987 bits per heavy atom. The Morgan fingerprint density at radius 1 is 0.421 bits per heavy atom. The van der Waals surface area contributed by atoms with E-state index >= 15 is 0 Å². The molecular formula is C63H117MgN3O9. The van der Waals surface area contributed by atoms with Crippen LogP contribution >= 0.6 is 0 Å². The molecular weight excluding hydrogens is 967 g/mol. The number of carbonyl (C=O) groups is 5. The van der Waals surface area contributed by atoms with E-state index in [-0.39, 0.29) is 96.8 Å². The zero-order valence-corrected chi connectivity index (χ0v) is 51.2. The monoisotopic (exact) mass is 1080 g/mol. The molecule has 0 heterocycles. The second-order valence-corrected chi connectivity index (χ2v) is 24.1. The Bertz CT molecular complexity index is 1350. The minimum atomic E-state index is -0.928. The maximum atomic E-state index is 13.2. The summed E-state index contributed by atoms with van der Waals surface area (Å²) in [5, 5.41) is 49.6. The zero-order valence-electron chi connectivity index (χ0n) is 49.8. The quantitative estimate of drug-likeness (QED) is 0.0292. The van der Waals surface area contributed by atoms with E-state index in [4.69, 9.17) is 0 Å². The van der Waals surface area contributed by atoms with Crippen LogP contribution in [-0.2, 0) is 24.0 Å². The second kappa shape index (κ2) is 50.0. The van der Waals surface area contributed by atoms with Crippen LogP contribution in [0.1, 0.15) is 317 Å². The number of aliphatic carboxylic acids is 2. The first-order valence-corrected chi connectivity index (χ1v) is 31.8. The fourth-order valence-electron chi connectivity index (χ4n) is 11.6. The van der Waals surface area contributed by atoms with Crippen molar-refractivity contribution in [3.05, 3.63) is 0 Å². The van der Waals surface area contributed by atoms with Crippen molar-refractivity contribution in [2.45, 2.75) is 347 Å². The largest absolute Gasteiger partial charge is 2.00 e. The van der Waals surface area contributed by atoms with Crippen molar-refractivity contribution in [1.29, 1.82) is 0 Å². The van der Waals surface area contributed by atoms with Crippen molar-refractivity contribution < 1.29 is 44.4 Å². The average molecular weight is 1080 g/mol. The van der Waals surface area contributed by atoms with Crippen LogP contribution in [0.15, 0.2) is 0 Å². The smallest absolute Gasteiger partial charge is 0.550 e. The van der Waals surface area contributed by atoms with Gasteiger partial charge in [0.2, 0.25) is 17.7 Å². The number of carbonyl (C=O) groups excluding carboxylic acids is 5. The van der Waals surface area contributed by atoms with E-state index in [0.29, 0.717) is 17.8 Å². The molecule has 3 fully saturated rings. The fraction of sp³-hybridized carbons (Fsp3) is 0.921. The van der Waals surface area contributed by atoms with Gasteiger partial charge in [-0.15, -0.1) is 0 Å². The molecule has 12 nitrogen and oxygen atoms in total. The predicted octanol–water partition coefficient (Wildman–Crippen LogP) is 12.0. The van der Waals surface area contributed by atoms with Gasteiger partial charge in [0.1, 0.15) is 0 Å². The summed E-state index contributed by atoms with van der Waals surface area (Å²) in [6.07, 6.45) is 45.1. The summed E-state index contributed by atoms with van der Waals surface area (Å²) >= 11 is 0. The molecule has 0 aliphatic heterocycles. The number of aliphatic hydroxyl groups is 2. The maximum Gasteiger partial charge on any atom is 2.00 e. The molecule has 3 amide bonds. The minimum absolute atomic E-state index is 0. The molecule has 0 aromatic carbocycles. The first-order valence-electron chi connectivity index (χ1n) is 31.8. The number of carboxylic acids is 2. The van der Waals surface area contributed by atoms with Gasteiger partial charge in [0.15, 0.2) is 0 Å². The van der Waals surface area contributed by atoms with Crippen LogP contribution in [0, 0.1) is 23.7 Å². The molecule has 0 spiro atoms. The van der Waals surface area contributed by atoms with Gasteiger partial charge in [-0.1, -0.05) is 214 Å². The van der Waals surface area contributed by atoms with Gasteiger partial charge < -0.3 is 46.0 Å². The Labute approximate surface area is 481 Å². The minimum Gasteiger partial charge on any atom is -0.550 e. The van der Waals surface area contributed by atoms with Gasteiger partial charge >= 0.3 is 23.1 Å². The molecule has 3 aliphatic carbocycles. The number of amides is 3. The molecule has 13 heteroatoms. The standard InChI is InChI=1S/C27H47N3O3.2C18H36O3.Mg/c1-18-7-4-10-22(13-18)28-25(31)16-21(27(33)30-24-12-6-9-20(3)15-24)17-26(32)29-23-11-5-8-19(2)14-23;2*1-2-3-4-11-14-17(19)15-12-9-7-5-6-8-10-13-16-18(20)21;/h18-24H,4-17H2,1-3H3,(H,28,31)(H,29,32)(H,30,33);2*17,19H,2-16H2,1H3,(H,20,21);/q;;;+2/p-2. The molecule has 76 heavy (non-hydrogen) atoms. The number of hydrogen-bond acceptors (Lipinski definition) is 9. The number of unbranched alkanes of at least 4 members (excludes halogenated alkanes) is 20. The van der Waals surface area contributed by atoms with Gasteiger partial charge in [0.25, 0.3) is 0 Å². The molecule has 0 bridgehead atoms. The van der Waals surface area contributed by atoms with Crippen LogP contribution < -0.4 is 26.2 Å². The van der Waals surface area contributed by atoms with Gasteiger partial charge in [0, 0.05) is 42.9 Å². The number of rotatable bonds is 40. The summed E-state index contributed by atoms with van der Waals surface area (Å²) in [5.74, 6) is -0.921. The summed E-state index contributed by atoms with van der Waals surface area (Å²) in [7, 11) is 0. The van der Waals surface area contributed by atoms with Gasteiger partial charge in [0.05, 0.1) is 18.1 Å². The third-order valence-electron chi connectivity index (χ3n) is 16.2. The normalized spacial score (nSPS) is 21.5. The van der Waals surface area contributed by atoms with Crippen LogP contribution in [0.25, 0.3) is 0 Å². The van der Waals surface area contributed by atoms with Crippen molar-refractivity contribution in [1.82, 2.24) is 16.0 Å². The van der Waals surface area contributed by atoms with E-state index in [2.05, 4.69) is 50.6 Å². The first-order chi connectivity index (χ1) is 36.1. The Morgan fingerprint density at radius 2 is 0.697 bits per heavy atom. The average Bonchev–Trinajstić information content (AvgIpc) is 3.35.